The standard InChI is InChI=1S/C14H9FN2O2S/c15-10-5-3-9(4-6-10)13-16-12(8-20-13)17-7-1-2-11(17)14(18)19/h1-8H,(H,18,19). The molecule has 3 aromatic rings. The van der Waals surface area contributed by atoms with E-state index in [9.17, 15) is 9.18 Å². The van der Waals surface area contributed by atoms with Crippen LogP contribution in [0.3, 0.4) is 0 Å². The quantitative estimate of drug-likeness (QED) is 0.803. The average molecular weight is 288 g/mol. The van der Waals surface area contributed by atoms with Crippen molar-refractivity contribution in [2.75, 3.05) is 0 Å². The molecule has 2 aromatic heterocycles. The van der Waals surface area contributed by atoms with Gasteiger partial charge in [0, 0.05) is 17.1 Å². The maximum Gasteiger partial charge on any atom is 0.352 e. The zero-order chi connectivity index (χ0) is 14.1. The summed E-state index contributed by atoms with van der Waals surface area (Å²) in [6, 6.07) is 9.19. The molecule has 2 heterocycles. The van der Waals surface area contributed by atoms with Crippen molar-refractivity contribution in [1.29, 1.82) is 0 Å². The molecule has 0 fully saturated rings. The number of nitrogens with zero attached hydrogens (tertiary/aromatic N) is 2. The molecule has 0 amide bonds. The van der Waals surface area contributed by atoms with E-state index in [1.807, 2.05) is 0 Å². The van der Waals surface area contributed by atoms with Crippen LogP contribution in [0.5, 0.6) is 0 Å². The van der Waals surface area contributed by atoms with Gasteiger partial charge in [0.05, 0.1) is 0 Å². The summed E-state index contributed by atoms with van der Waals surface area (Å²) in [6.45, 7) is 0. The number of benzene rings is 1. The van der Waals surface area contributed by atoms with Gasteiger partial charge in [-0.25, -0.2) is 14.2 Å². The Labute approximate surface area is 117 Å². The Kier molecular flexibility index (Phi) is 3.08. The molecule has 0 bridgehead atoms. The van der Waals surface area contributed by atoms with E-state index in [0.717, 1.165) is 5.56 Å². The van der Waals surface area contributed by atoms with E-state index in [1.54, 1.807) is 29.8 Å². The molecule has 6 heteroatoms. The normalized spacial score (nSPS) is 10.7. The number of rotatable bonds is 3. The lowest BCUT2D eigenvalue weighted by Crippen LogP contribution is -2.05. The maximum atomic E-state index is 12.9. The molecule has 20 heavy (non-hydrogen) atoms. The smallest absolute Gasteiger partial charge is 0.352 e. The van der Waals surface area contributed by atoms with Crippen LogP contribution >= 0.6 is 11.3 Å². The number of carboxylic acids is 1. The fraction of sp³-hybridized carbons (Fsp3) is 0. The fourth-order valence-electron chi connectivity index (χ4n) is 1.86. The second-order valence-corrected chi connectivity index (χ2v) is 4.94. The van der Waals surface area contributed by atoms with Crippen molar-refractivity contribution in [2.24, 2.45) is 0 Å². The first-order chi connectivity index (χ1) is 9.65. The Hall–Kier alpha value is -2.47. The summed E-state index contributed by atoms with van der Waals surface area (Å²) < 4.78 is 14.4. The third-order valence-corrected chi connectivity index (χ3v) is 3.68. The molecule has 0 aliphatic carbocycles. The van der Waals surface area contributed by atoms with Crippen LogP contribution in [-0.2, 0) is 0 Å². The number of carboxylic acid groups (broad SMARTS) is 1. The molecule has 0 aliphatic heterocycles. The summed E-state index contributed by atoms with van der Waals surface area (Å²) >= 11 is 1.38. The minimum Gasteiger partial charge on any atom is -0.477 e. The highest BCUT2D eigenvalue weighted by Gasteiger charge is 2.13. The number of hydrogen-bond acceptors (Lipinski definition) is 3. The maximum absolute atomic E-state index is 12.9. The van der Waals surface area contributed by atoms with Crippen LogP contribution in [0.4, 0.5) is 4.39 Å². The van der Waals surface area contributed by atoms with Crippen molar-refractivity contribution in [3.63, 3.8) is 0 Å². The van der Waals surface area contributed by atoms with Gasteiger partial charge >= 0.3 is 5.97 Å². The summed E-state index contributed by atoms with van der Waals surface area (Å²) in [5.74, 6) is -0.771. The second kappa shape index (κ2) is 4.90. The van der Waals surface area contributed by atoms with Gasteiger partial charge < -0.3 is 5.11 Å². The molecule has 0 aliphatic rings. The van der Waals surface area contributed by atoms with Crippen molar-refractivity contribution >= 4 is 17.3 Å². The van der Waals surface area contributed by atoms with Crippen LogP contribution in [0.1, 0.15) is 10.5 Å². The van der Waals surface area contributed by atoms with Crippen LogP contribution in [0.2, 0.25) is 0 Å². The summed E-state index contributed by atoms with van der Waals surface area (Å²) in [6.07, 6.45) is 1.65. The number of hydrogen-bond donors (Lipinski definition) is 1. The van der Waals surface area contributed by atoms with Gasteiger partial charge in [0.15, 0.2) is 0 Å². The Morgan fingerprint density at radius 2 is 2.00 bits per heavy atom. The largest absolute Gasteiger partial charge is 0.477 e. The number of aromatic carboxylic acids is 1. The number of aromatic nitrogens is 2. The van der Waals surface area contributed by atoms with Gasteiger partial charge in [0.1, 0.15) is 22.3 Å². The third kappa shape index (κ3) is 2.21. The molecule has 0 unspecified atom stereocenters. The zero-order valence-corrected chi connectivity index (χ0v) is 11.0. The first kappa shape index (κ1) is 12.6. The lowest BCUT2D eigenvalue weighted by atomic mass is 10.2. The monoisotopic (exact) mass is 288 g/mol. The van der Waals surface area contributed by atoms with Gasteiger partial charge in [0.2, 0.25) is 0 Å². The van der Waals surface area contributed by atoms with Crippen molar-refractivity contribution in [3.05, 3.63) is 59.5 Å². The molecular formula is C14H9FN2O2S. The summed E-state index contributed by atoms with van der Waals surface area (Å²) in [4.78, 5) is 15.5. The van der Waals surface area contributed by atoms with Gasteiger partial charge in [0.25, 0.3) is 0 Å². The van der Waals surface area contributed by atoms with E-state index in [-0.39, 0.29) is 11.5 Å². The van der Waals surface area contributed by atoms with Crippen molar-refractivity contribution in [2.45, 2.75) is 0 Å². The average Bonchev–Trinajstić information content (AvgIpc) is 3.08. The topological polar surface area (TPSA) is 55.1 Å². The van der Waals surface area contributed by atoms with Gasteiger partial charge in [-0.1, -0.05) is 0 Å². The molecule has 100 valence electrons. The SMILES string of the molecule is O=C(O)c1cccn1-c1csc(-c2ccc(F)cc2)n1. The molecule has 0 atom stereocenters. The van der Waals surface area contributed by atoms with Gasteiger partial charge in [-0.15, -0.1) is 11.3 Å². The van der Waals surface area contributed by atoms with Crippen LogP contribution in [-0.4, -0.2) is 20.6 Å². The number of carbonyl (C=O) groups is 1. The summed E-state index contributed by atoms with van der Waals surface area (Å²) in [7, 11) is 0. The van der Waals surface area contributed by atoms with E-state index < -0.39 is 5.97 Å². The molecule has 0 spiro atoms. The van der Waals surface area contributed by atoms with E-state index in [1.165, 1.54) is 34.1 Å². The minimum atomic E-state index is -1.01. The lowest BCUT2D eigenvalue weighted by molar-refractivity contribution is 0.0688. The highest BCUT2D eigenvalue weighted by atomic mass is 32.1. The molecule has 4 nitrogen and oxygen atoms in total. The Morgan fingerprint density at radius 1 is 1.25 bits per heavy atom. The predicted molar refractivity (Wildman–Crippen MR) is 73.8 cm³/mol. The molecule has 1 N–H and O–H groups in total. The van der Waals surface area contributed by atoms with E-state index >= 15 is 0 Å². The van der Waals surface area contributed by atoms with E-state index in [4.69, 9.17) is 5.11 Å². The van der Waals surface area contributed by atoms with Crippen molar-refractivity contribution in [3.8, 4) is 16.4 Å². The van der Waals surface area contributed by atoms with Crippen molar-refractivity contribution < 1.29 is 14.3 Å². The van der Waals surface area contributed by atoms with Crippen LogP contribution in [0, 0.1) is 5.82 Å². The van der Waals surface area contributed by atoms with Gasteiger partial charge in [-0.2, -0.15) is 0 Å². The first-order valence-electron chi connectivity index (χ1n) is 5.77. The minimum absolute atomic E-state index is 0.154. The lowest BCUT2D eigenvalue weighted by Gasteiger charge is -2.01. The molecular weight excluding hydrogens is 279 g/mol. The van der Waals surface area contributed by atoms with E-state index in [2.05, 4.69) is 4.98 Å². The van der Waals surface area contributed by atoms with Crippen LogP contribution in [0.15, 0.2) is 48.0 Å². The second-order valence-electron chi connectivity index (χ2n) is 4.09. The molecule has 0 saturated heterocycles. The Morgan fingerprint density at radius 3 is 2.70 bits per heavy atom. The van der Waals surface area contributed by atoms with Gasteiger partial charge in [-0.05, 0) is 36.4 Å². The fourth-order valence-corrected chi connectivity index (χ4v) is 2.66. The Bertz CT molecular complexity index is 762. The highest BCUT2D eigenvalue weighted by molar-refractivity contribution is 7.13. The van der Waals surface area contributed by atoms with E-state index in [0.29, 0.717) is 10.8 Å². The molecule has 1 aromatic carbocycles. The molecule has 0 radical (unpaired) electrons. The zero-order valence-electron chi connectivity index (χ0n) is 10.2. The summed E-state index contributed by atoms with van der Waals surface area (Å²) in [5, 5.41) is 11.6. The van der Waals surface area contributed by atoms with Crippen LogP contribution < -0.4 is 0 Å². The van der Waals surface area contributed by atoms with Crippen LogP contribution in [0.25, 0.3) is 16.4 Å². The first-order valence-corrected chi connectivity index (χ1v) is 6.65. The number of thiazole rings is 1. The predicted octanol–water partition coefficient (Wildman–Crippen LogP) is 3.44. The summed E-state index contributed by atoms with van der Waals surface area (Å²) in [5.41, 5.74) is 0.952. The molecule has 3 rings (SSSR count). The number of halogens is 1. The Balaban J connectivity index is 2.00. The van der Waals surface area contributed by atoms with Gasteiger partial charge in [-0.3, -0.25) is 4.57 Å². The highest BCUT2D eigenvalue weighted by Crippen LogP contribution is 2.26. The van der Waals surface area contributed by atoms with Crippen molar-refractivity contribution in [1.82, 2.24) is 9.55 Å². The molecule has 0 saturated carbocycles. The third-order valence-electron chi connectivity index (χ3n) is 2.80.